The van der Waals surface area contributed by atoms with Crippen LogP contribution in [0.5, 0.6) is 0 Å². The molecule has 1 aliphatic rings. The monoisotopic (exact) mass is 384 g/mol. The van der Waals surface area contributed by atoms with Crippen LogP contribution in [0.1, 0.15) is 5.56 Å². The molecular formula is C21H25FN4O2. The molecule has 0 bridgehead atoms. The summed E-state index contributed by atoms with van der Waals surface area (Å²) >= 11 is 0. The Hall–Kier alpha value is -2.93. The Morgan fingerprint density at radius 1 is 0.964 bits per heavy atom. The first kappa shape index (κ1) is 19.8. The Morgan fingerprint density at radius 3 is 2.39 bits per heavy atom. The highest BCUT2D eigenvalue weighted by Crippen LogP contribution is 2.26. The van der Waals surface area contributed by atoms with E-state index in [1.165, 1.54) is 6.07 Å². The van der Waals surface area contributed by atoms with Gasteiger partial charge in [-0.3, -0.25) is 9.59 Å². The number of nitrogens with one attached hydrogen (secondary N) is 2. The summed E-state index contributed by atoms with van der Waals surface area (Å²) in [6, 6.07) is 13.9. The van der Waals surface area contributed by atoms with Gasteiger partial charge in [-0.15, -0.1) is 0 Å². The van der Waals surface area contributed by atoms with Crippen LogP contribution in [0.3, 0.4) is 0 Å². The molecule has 6 nitrogen and oxygen atoms in total. The van der Waals surface area contributed by atoms with Crippen LogP contribution in [0, 0.1) is 5.82 Å². The van der Waals surface area contributed by atoms with Crippen LogP contribution >= 0.6 is 0 Å². The summed E-state index contributed by atoms with van der Waals surface area (Å²) in [5, 5.41) is 5.24. The lowest BCUT2D eigenvalue weighted by molar-refractivity contribution is -0.136. The first-order valence-corrected chi connectivity index (χ1v) is 9.39. The predicted octanol–water partition coefficient (Wildman–Crippen LogP) is 1.87. The van der Waals surface area contributed by atoms with E-state index in [-0.39, 0.29) is 12.4 Å². The topological polar surface area (TPSA) is 64.7 Å². The number of anilines is 2. The zero-order valence-corrected chi connectivity index (χ0v) is 16.0. The molecule has 2 amide bonds. The second-order valence-corrected chi connectivity index (χ2v) is 6.86. The van der Waals surface area contributed by atoms with Gasteiger partial charge in [-0.05, 0) is 37.2 Å². The lowest BCUT2D eigenvalue weighted by atomic mass is 10.1. The third-order valence-corrected chi connectivity index (χ3v) is 4.84. The van der Waals surface area contributed by atoms with Gasteiger partial charge in [0.2, 0.25) is 0 Å². The summed E-state index contributed by atoms with van der Waals surface area (Å²) in [7, 11) is 2.08. The van der Waals surface area contributed by atoms with Crippen LogP contribution in [-0.2, 0) is 16.0 Å². The molecule has 0 spiro atoms. The van der Waals surface area contributed by atoms with Gasteiger partial charge >= 0.3 is 11.8 Å². The maximum atomic E-state index is 13.6. The van der Waals surface area contributed by atoms with Crippen molar-refractivity contribution in [2.45, 2.75) is 6.42 Å². The number of carbonyl (C=O) groups excluding carboxylic acids is 2. The summed E-state index contributed by atoms with van der Waals surface area (Å²) in [5.74, 6) is -1.78. The fraction of sp³-hybridized carbons (Fsp3) is 0.333. The fourth-order valence-corrected chi connectivity index (χ4v) is 3.17. The van der Waals surface area contributed by atoms with Gasteiger partial charge in [-0.2, -0.15) is 0 Å². The standard InChI is InChI=1S/C21H25FN4O2/c1-25-12-14-26(15-13-25)19-9-5-4-8-18(19)24-21(28)20(27)23-11-10-16-6-2-3-7-17(16)22/h2-9H,10-15H2,1H3,(H,23,27)(H,24,28). The summed E-state index contributed by atoms with van der Waals surface area (Å²) < 4.78 is 13.6. The Kier molecular flexibility index (Phi) is 6.60. The average Bonchev–Trinajstić information content (AvgIpc) is 2.70. The van der Waals surface area contributed by atoms with Crippen molar-refractivity contribution in [2.75, 3.05) is 50.0 Å². The number of hydrogen-bond acceptors (Lipinski definition) is 4. The Labute approximate surface area is 164 Å². The Balaban J connectivity index is 1.55. The summed E-state index contributed by atoms with van der Waals surface area (Å²) in [6.45, 7) is 3.79. The van der Waals surface area contributed by atoms with Crippen LogP contribution in [0.4, 0.5) is 15.8 Å². The van der Waals surface area contributed by atoms with Gasteiger partial charge in [0.05, 0.1) is 11.4 Å². The lowest BCUT2D eigenvalue weighted by Crippen LogP contribution is -2.45. The molecule has 0 saturated carbocycles. The van der Waals surface area contributed by atoms with Crippen LogP contribution in [-0.4, -0.2) is 56.5 Å². The van der Waals surface area contributed by atoms with Gasteiger partial charge < -0.3 is 20.4 Å². The van der Waals surface area contributed by atoms with E-state index < -0.39 is 11.8 Å². The van der Waals surface area contributed by atoms with Crippen molar-refractivity contribution in [1.29, 1.82) is 0 Å². The second-order valence-electron chi connectivity index (χ2n) is 6.86. The molecule has 28 heavy (non-hydrogen) atoms. The van der Waals surface area contributed by atoms with Crippen LogP contribution in [0.25, 0.3) is 0 Å². The highest BCUT2D eigenvalue weighted by Gasteiger charge is 2.20. The molecule has 0 radical (unpaired) electrons. The van der Waals surface area contributed by atoms with E-state index in [2.05, 4.69) is 27.5 Å². The number of hydrogen-bond donors (Lipinski definition) is 2. The van der Waals surface area contributed by atoms with E-state index >= 15 is 0 Å². The van der Waals surface area contributed by atoms with Gasteiger partial charge in [-0.25, -0.2) is 4.39 Å². The lowest BCUT2D eigenvalue weighted by Gasteiger charge is -2.35. The van der Waals surface area contributed by atoms with Crippen molar-refractivity contribution in [2.24, 2.45) is 0 Å². The number of carbonyl (C=O) groups is 2. The zero-order chi connectivity index (χ0) is 19.9. The number of rotatable bonds is 5. The predicted molar refractivity (Wildman–Crippen MR) is 108 cm³/mol. The van der Waals surface area contributed by atoms with Crippen molar-refractivity contribution in [3.05, 3.63) is 59.9 Å². The summed E-state index contributed by atoms with van der Waals surface area (Å²) in [4.78, 5) is 28.9. The molecule has 148 valence electrons. The third-order valence-electron chi connectivity index (χ3n) is 4.84. The Morgan fingerprint density at radius 2 is 1.64 bits per heavy atom. The molecule has 1 fully saturated rings. The third kappa shape index (κ3) is 5.07. The van der Waals surface area contributed by atoms with E-state index in [0.717, 1.165) is 31.9 Å². The van der Waals surface area contributed by atoms with Crippen molar-refractivity contribution < 1.29 is 14.0 Å². The number of amides is 2. The van der Waals surface area contributed by atoms with Gasteiger partial charge in [0.25, 0.3) is 0 Å². The number of piperazine rings is 1. The first-order valence-electron chi connectivity index (χ1n) is 9.39. The minimum atomic E-state index is -0.732. The SMILES string of the molecule is CN1CCN(c2ccccc2NC(=O)C(=O)NCCc2ccccc2F)CC1. The average molecular weight is 384 g/mol. The van der Waals surface area contributed by atoms with E-state index in [4.69, 9.17) is 0 Å². The molecule has 0 atom stereocenters. The molecule has 3 rings (SSSR count). The number of likely N-dealkylation sites (N-methyl/N-ethyl adjacent to an activating group) is 1. The first-order chi connectivity index (χ1) is 13.5. The van der Waals surface area contributed by atoms with Gasteiger partial charge in [0, 0.05) is 32.7 Å². The molecule has 1 saturated heterocycles. The quantitative estimate of drug-likeness (QED) is 0.773. The number of nitrogens with zero attached hydrogens (tertiary/aromatic N) is 2. The molecular weight excluding hydrogens is 359 g/mol. The molecule has 1 aliphatic heterocycles. The smallest absolute Gasteiger partial charge is 0.313 e. The van der Waals surface area contributed by atoms with Crippen molar-refractivity contribution in [1.82, 2.24) is 10.2 Å². The maximum Gasteiger partial charge on any atom is 0.313 e. The number of halogens is 1. The molecule has 1 heterocycles. The molecule has 2 N–H and O–H groups in total. The van der Waals surface area contributed by atoms with E-state index in [1.807, 2.05) is 18.2 Å². The number of para-hydroxylation sites is 2. The largest absolute Gasteiger partial charge is 0.367 e. The number of benzene rings is 2. The maximum absolute atomic E-state index is 13.6. The van der Waals surface area contributed by atoms with E-state index in [9.17, 15) is 14.0 Å². The highest BCUT2D eigenvalue weighted by atomic mass is 19.1. The van der Waals surface area contributed by atoms with Crippen molar-refractivity contribution >= 4 is 23.2 Å². The Bertz CT molecular complexity index is 835. The van der Waals surface area contributed by atoms with Crippen molar-refractivity contribution in [3.8, 4) is 0 Å². The van der Waals surface area contributed by atoms with Gasteiger partial charge in [-0.1, -0.05) is 30.3 Å². The molecule has 7 heteroatoms. The summed E-state index contributed by atoms with van der Waals surface area (Å²) in [6.07, 6.45) is 0.323. The zero-order valence-electron chi connectivity index (χ0n) is 16.0. The minimum absolute atomic E-state index is 0.188. The van der Waals surface area contributed by atoms with Crippen LogP contribution < -0.4 is 15.5 Å². The minimum Gasteiger partial charge on any atom is -0.367 e. The summed E-state index contributed by atoms with van der Waals surface area (Å²) in [5.41, 5.74) is 2.02. The van der Waals surface area contributed by atoms with E-state index in [0.29, 0.717) is 17.7 Å². The molecule has 0 aliphatic carbocycles. The van der Waals surface area contributed by atoms with E-state index in [1.54, 1.807) is 24.3 Å². The van der Waals surface area contributed by atoms with Crippen LogP contribution in [0.2, 0.25) is 0 Å². The van der Waals surface area contributed by atoms with Gasteiger partial charge in [0.1, 0.15) is 5.82 Å². The van der Waals surface area contributed by atoms with Crippen LogP contribution in [0.15, 0.2) is 48.5 Å². The van der Waals surface area contributed by atoms with Crippen molar-refractivity contribution in [3.63, 3.8) is 0 Å². The molecule has 2 aromatic rings. The molecule has 2 aromatic carbocycles. The normalized spacial score (nSPS) is 14.6. The second kappa shape index (κ2) is 9.32. The van der Waals surface area contributed by atoms with Gasteiger partial charge in [0.15, 0.2) is 0 Å². The fourth-order valence-electron chi connectivity index (χ4n) is 3.17. The highest BCUT2D eigenvalue weighted by molar-refractivity contribution is 6.39. The molecule has 0 unspecified atom stereocenters. The molecule has 0 aromatic heterocycles.